The maximum atomic E-state index is 10.6. The van der Waals surface area contributed by atoms with Crippen LogP contribution in [0.15, 0.2) is 108 Å². The SMILES string of the molecule is BC1=C(C#N)C(B)C(c2c(B)c(B)c(B)c(B)c2-n2c3ccccc3c3ccccc32)=C1n1c2ccccc2c2ccccc21. The van der Waals surface area contributed by atoms with E-state index in [0.29, 0.717) is 0 Å². The summed E-state index contributed by atoms with van der Waals surface area (Å²) < 4.78 is 4.91. The molecular formula is C36H29B6N3. The molecule has 45 heavy (non-hydrogen) atoms. The molecule has 0 amide bonds. The molecule has 2 heterocycles. The van der Waals surface area contributed by atoms with Crippen LogP contribution < -0.4 is 21.9 Å². The molecule has 0 fully saturated rings. The van der Waals surface area contributed by atoms with E-state index < -0.39 is 0 Å². The number of nitriles is 1. The average molecular weight is 569 g/mol. The van der Waals surface area contributed by atoms with Crippen LogP contribution in [0.25, 0.3) is 60.6 Å². The van der Waals surface area contributed by atoms with Crippen LogP contribution in [0.2, 0.25) is 5.82 Å². The summed E-state index contributed by atoms with van der Waals surface area (Å²) in [6.07, 6.45) is 0. The first-order valence-corrected chi connectivity index (χ1v) is 15.8. The summed E-state index contributed by atoms with van der Waals surface area (Å²) in [4.78, 5) is 0. The average Bonchev–Trinajstić information content (AvgIpc) is 3.66. The molecule has 0 bridgehead atoms. The fraction of sp³-hybridized carbons (Fsp3) is 0.0278. The highest BCUT2D eigenvalue weighted by Gasteiger charge is 2.35. The van der Waals surface area contributed by atoms with E-state index in [9.17, 15) is 5.26 Å². The van der Waals surface area contributed by atoms with Crippen molar-refractivity contribution >= 4 is 124 Å². The zero-order chi connectivity index (χ0) is 31.1. The van der Waals surface area contributed by atoms with Gasteiger partial charge in [-0.15, -0.1) is 5.46 Å². The van der Waals surface area contributed by atoms with E-state index in [-0.39, 0.29) is 5.82 Å². The number of aromatic nitrogens is 2. The van der Waals surface area contributed by atoms with Crippen molar-refractivity contribution < 1.29 is 0 Å². The topological polar surface area (TPSA) is 33.6 Å². The van der Waals surface area contributed by atoms with Gasteiger partial charge in [-0.25, -0.2) is 0 Å². The van der Waals surface area contributed by atoms with Crippen molar-refractivity contribution in [3.8, 4) is 11.8 Å². The van der Waals surface area contributed by atoms with Gasteiger partial charge in [-0.3, -0.25) is 0 Å². The molecule has 3 nitrogen and oxygen atoms in total. The predicted octanol–water partition coefficient (Wildman–Crippen LogP) is 0.139. The lowest BCUT2D eigenvalue weighted by atomic mass is 9.62. The molecule has 206 valence electrons. The maximum absolute atomic E-state index is 10.6. The van der Waals surface area contributed by atoms with Gasteiger partial charge in [0.2, 0.25) is 0 Å². The van der Waals surface area contributed by atoms with Gasteiger partial charge in [-0.1, -0.05) is 94.7 Å². The third-order valence-corrected chi connectivity index (χ3v) is 10.5. The summed E-state index contributed by atoms with van der Waals surface area (Å²) >= 11 is 0. The van der Waals surface area contributed by atoms with E-state index in [1.54, 1.807) is 0 Å². The van der Waals surface area contributed by atoms with Crippen molar-refractivity contribution in [2.45, 2.75) is 5.82 Å². The van der Waals surface area contributed by atoms with Crippen LogP contribution in [-0.2, 0) is 0 Å². The minimum Gasteiger partial charge on any atom is -0.309 e. The normalized spacial score (nSPS) is 15.2. The summed E-state index contributed by atoms with van der Waals surface area (Å²) in [6, 6.07) is 37.5. The highest BCUT2D eigenvalue weighted by molar-refractivity contribution is 6.64. The van der Waals surface area contributed by atoms with Gasteiger partial charge in [0.15, 0.2) is 0 Å². The number of hydrogen-bond donors (Lipinski definition) is 0. The van der Waals surface area contributed by atoms with Crippen LogP contribution >= 0.6 is 0 Å². The molecule has 9 heteroatoms. The van der Waals surface area contributed by atoms with Gasteiger partial charge >= 0.3 is 0 Å². The predicted molar refractivity (Wildman–Crippen MR) is 210 cm³/mol. The molecule has 1 aliphatic carbocycles. The summed E-state index contributed by atoms with van der Waals surface area (Å²) in [6.45, 7) is 0. The van der Waals surface area contributed by atoms with Crippen molar-refractivity contribution in [2.24, 2.45) is 0 Å². The first-order chi connectivity index (χ1) is 21.8. The van der Waals surface area contributed by atoms with Gasteiger partial charge in [-0.2, -0.15) is 5.26 Å². The third-order valence-electron chi connectivity index (χ3n) is 10.5. The monoisotopic (exact) mass is 569 g/mol. The number of hydrogen-bond acceptors (Lipinski definition) is 1. The number of nitrogens with zero attached hydrogens (tertiary/aromatic N) is 3. The maximum Gasteiger partial charge on any atom is 0.143 e. The van der Waals surface area contributed by atoms with Crippen LogP contribution in [0.1, 0.15) is 5.56 Å². The standard InChI is InChI=1S/C36H29B6N3/c37-29-22(17-43)30(38)35(44-23-13-5-1-9-18(23)19-10-2-6-14-24(19)44)27(29)28-31(39)32(40)33(41)34(42)36(28)45-25-15-7-3-11-20(25)21-12-4-8-16-26(21)45/h1-16,29H,37-42H2. The van der Waals surface area contributed by atoms with Crippen molar-refractivity contribution in [1.29, 1.82) is 5.26 Å². The molecular weight excluding hydrogens is 539 g/mol. The zero-order valence-corrected chi connectivity index (χ0v) is 26.7. The molecule has 1 aliphatic rings. The first kappa shape index (κ1) is 27.6. The summed E-state index contributed by atoms with van der Waals surface area (Å²) in [7, 11) is 13.4. The van der Waals surface area contributed by atoms with E-state index in [1.165, 1.54) is 71.3 Å². The Bertz CT molecular complexity index is 2420. The van der Waals surface area contributed by atoms with Crippen LogP contribution in [0.3, 0.4) is 0 Å². The number of rotatable bonds is 3. The molecule has 8 rings (SSSR count). The van der Waals surface area contributed by atoms with Gasteiger partial charge < -0.3 is 9.13 Å². The van der Waals surface area contributed by atoms with E-state index in [0.717, 1.165) is 27.8 Å². The molecule has 1 atom stereocenters. The van der Waals surface area contributed by atoms with Crippen LogP contribution in [-0.4, -0.2) is 56.2 Å². The van der Waals surface area contributed by atoms with Gasteiger partial charge in [0.05, 0.1) is 28.1 Å². The second-order valence-corrected chi connectivity index (χ2v) is 12.6. The lowest BCUT2D eigenvalue weighted by Crippen LogP contribution is -2.50. The first-order valence-electron chi connectivity index (χ1n) is 15.8. The Balaban J connectivity index is 1.61. The van der Waals surface area contributed by atoms with E-state index in [2.05, 4.69) is 159 Å². The van der Waals surface area contributed by atoms with Crippen LogP contribution in [0, 0.1) is 11.3 Å². The molecule has 0 spiro atoms. The third kappa shape index (κ3) is 3.66. The van der Waals surface area contributed by atoms with Gasteiger partial charge in [0.25, 0.3) is 0 Å². The van der Waals surface area contributed by atoms with Crippen LogP contribution in [0.5, 0.6) is 0 Å². The van der Waals surface area contributed by atoms with E-state index in [4.69, 9.17) is 0 Å². The second-order valence-electron chi connectivity index (χ2n) is 12.6. The van der Waals surface area contributed by atoms with Crippen molar-refractivity contribution in [3.05, 3.63) is 114 Å². The Morgan fingerprint density at radius 3 is 1.38 bits per heavy atom. The lowest BCUT2D eigenvalue weighted by molar-refractivity contribution is 1.18. The minimum absolute atomic E-state index is 0.0722. The van der Waals surface area contributed by atoms with Crippen molar-refractivity contribution in [1.82, 2.24) is 9.13 Å². The van der Waals surface area contributed by atoms with Crippen molar-refractivity contribution in [2.75, 3.05) is 0 Å². The Morgan fingerprint density at radius 2 is 0.933 bits per heavy atom. The molecule has 7 aromatic rings. The molecule has 0 saturated heterocycles. The largest absolute Gasteiger partial charge is 0.309 e. The zero-order valence-electron chi connectivity index (χ0n) is 26.7. The highest BCUT2D eigenvalue weighted by Crippen LogP contribution is 2.49. The van der Waals surface area contributed by atoms with Gasteiger partial charge in [0, 0.05) is 38.5 Å². The Morgan fingerprint density at radius 1 is 0.533 bits per heavy atom. The number of benzene rings is 5. The summed E-state index contributed by atoms with van der Waals surface area (Å²) in [5.74, 6) is -0.0722. The molecule has 2 aromatic heterocycles. The van der Waals surface area contributed by atoms with Gasteiger partial charge in [0.1, 0.15) is 47.1 Å². The van der Waals surface area contributed by atoms with E-state index >= 15 is 0 Å². The number of allylic oxidation sites excluding steroid dienone is 4. The second kappa shape index (κ2) is 10.0. The number of fused-ring (bicyclic) bond motifs is 6. The van der Waals surface area contributed by atoms with Gasteiger partial charge in [-0.05, 0) is 41.2 Å². The molecule has 0 aliphatic heterocycles. The van der Waals surface area contributed by atoms with Crippen LogP contribution in [0.4, 0.5) is 0 Å². The summed E-state index contributed by atoms with van der Waals surface area (Å²) in [5.41, 5.74) is 16.5. The minimum atomic E-state index is -0.0722. The van der Waals surface area contributed by atoms with E-state index in [1.807, 2.05) is 0 Å². The Kier molecular flexibility index (Phi) is 6.16. The van der Waals surface area contributed by atoms with Crippen molar-refractivity contribution in [3.63, 3.8) is 0 Å². The highest BCUT2D eigenvalue weighted by atomic mass is 15.0. The molecule has 0 saturated carbocycles. The quantitative estimate of drug-likeness (QED) is 0.280. The fourth-order valence-corrected chi connectivity index (χ4v) is 8.04. The number of para-hydroxylation sites is 4. The molecule has 5 aromatic carbocycles. The fourth-order valence-electron chi connectivity index (χ4n) is 8.04. The Hall–Kier alpha value is -4.94. The smallest absolute Gasteiger partial charge is 0.143 e. The molecule has 0 radical (unpaired) electrons. The summed E-state index contributed by atoms with van der Waals surface area (Å²) in [5, 5.41) is 15.6. The molecule has 0 N–H and O–H groups in total. The Labute approximate surface area is 268 Å². The molecule has 1 unspecified atom stereocenters. The lowest BCUT2D eigenvalue weighted by Gasteiger charge is -2.28.